The number of hydrogen-bond acceptors (Lipinski definition) is 2. The van der Waals surface area contributed by atoms with Crippen molar-refractivity contribution < 1.29 is 0 Å². The summed E-state index contributed by atoms with van der Waals surface area (Å²) >= 11 is 0. The Morgan fingerprint density at radius 1 is 0.955 bits per heavy atom. The van der Waals surface area contributed by atoms with Crippen LogP contribution in [0, 0.1) is 18.3 Å². The second-order valence-electron chi connectivity index (χ2n) is 5.13. The van der Waals surface area contributed by atoms with Gasteiger partial charge >= 0.3 is 0 Å². The smallest absolute Gasteiger partial charge is 0.273 e. The Bertz CT molecular complexity index is 918. The maximum atomic E-state index is 12.4. The van der Waals surface area contributed by atoms with Crippen LogP contribution in [0.15, 0.2) is 71.7 Å². The Balaban J connectivity index is 2.27. The van der Waals surface area contributed by atoms with Gasteiger partial charge in [0.05, 0.1) is 0 Å². The molecule has 0 amide bonds. The van der Waals surface area contributed by atoms with Crippen molar-refractivity contribution in [2.75, 3.05) is 0 Å². The highest BCUT2D eigenvalue weighted by Gasteiger charge is 2.09. The van der Waals surface area contributed by atoms with Crippen molar-refractivity contribution in [2.24, 2.45) is 0 Å². The molecule has 0 unspecified atom stereocenters. The molecule has 0 atom stereocenters. The fourth-order valence-corrected chi connectivity index (χ4v) is 2.42. The molecule has 0 saturated heterocycles. The predicted octanol–water partition coefficient (Wildman–Crippen LogP) is 3.68. The van der Waals surface area contributed by atoms with E-state index in [2.05, 4.69) is 0 Å². The van der Waals surface area contributed by atoms with Gasteiger partial charge in [-0.3, -0.25) is 9.36 Å². The van der Waals surface area contributed by atoms with Crippen LogP contribution in [0.4, 0.5) is 0 Å². The number of nitriles is 1. The van der Waals surface area contributed by atoms with Crippen molar-refractivity contribution in [3.8, 4) is 22.9 Å². The number of benzene rings is 2. The van der Waals surface area contributed by atoms with Crippen molar-refractivity contribution in [1.29, 1.82) is 5.26 Å². The summed E-state index contributed by atoms with van der Waals surface area (Å²) in [5.74, 6) is 0. The van der Waals surface area contributed by atoms with Crippen LogP contribution >= 0.6 is 0 Å². The van der Waals surface area contributed by atoms with E-state index >= 15 is 0 Å². The molecular formula is C19H14N2O. The normalized spacial score (nSPS) is 10.2. The summed E-state index contributed by atoms with van der Waals surface area (Å²) in [4.78, 5) is 12.4. The molecule has 0 aliphatic carbocycles. The third-order valence-electron chi connectivity index (χ3n) is 3.52. The minimum atomic E-state index is -0.298. The quantitative estimate of drug-likeness (QED) is 0.721. The number of pyridine rings is 1. The van der Waals surface area contributed by atoms with Crippen molar-refractivity contribution in [3.63, 3.8) is 0 Å². The summed E-state index contributed by atoms with van der Waals surface area (Å²) in [7, 11) is 0. The lowest BCUT2D eigenvalue weighted by Crippen LogP contribution is -2.20. The third-order valence-corrected chi connectivity index (χ3v) is 3.52. The Hall–Kier alpha value is -3.12. The van der Waals surface area contributed by atoms with Crippen molar-refractivity contribution in [1.82, 2.24) is 4.57 Å². The van der Waals surface area contributed by atoms with E-state index in [0.717, 1.165) is 22.4 Å². The van der Waals surface area contributed by atoms with Crippen molar-refractivity contribution in [3.05, 3.63) is 88.3 Å². The Kier molecular flexibility index (Phi) is 3.59. The fourth-order valence-electron chi connectivity index (χ4n) is 2.42. The molecule has 1 aromatic heterocycles. The van der Waals surface area contributed by atoms with E-state index in [1.165, 1.54) is 4.57 Å². The lowest BCUT2D eigenvalue weighted by atomic mass is 10.1. The highest BCUT2D eigenvalue weighted by atomic mass is 16.1. The third kappa shape index (κ3) is 2.55. The molecule has 106 valence electrons. The minimum Gasteiger partial charge on any atom is -0.283 e. The zero-order valence-electron chi connectivity index (χ0n) is 12.2. The molecule has 0 bridgehead atoms. The average Bonchev–Trinajstić information content (AvgIpc) is 2.56. The van der Waals surface area contributed by atoms with Crippen LogP contribution in [-0.4, -0.2) is 4.57 Å². The van der Waals surface area contributed by atoms with Gasteiger partial charge in [0.15, 0.2) is 0 Å². The zero-order valence-corrected chi connectivity index (χ0v) is 12.2. The molecule has 0 saturated carbocycles. The van der Waals surface area contributed by atoms with Gasteiger partial charge in [0, 0.05) is 11.9 Å². The first-order valence-electron chi connectivity index (χ1n) is 6.98. The van der Waals surface area contributed by atoms with Crippen LogP contribution in [0.1, 0.15) is 11.1 Å². The summed E-state index contributed by atoms with van der Waals surface area (Å²) < 4.78 is 1.54. The average molecular weight is 286 g/mol. The van der Waals surface area contributed by atoms with Gasteiger partial charge < -0.3 is 0 Å². The molecule has 1 heterocycles. The molecule has 22 heavy (non-hydrogen) atoms. The van der Waals surface area contributed by atoms with Crippen LogP contribution in [-0.2, 0) is 0 Å². The predicted molar refractivity (Wildman–Crippen MR) is 86.9 cm³/mol. The standard InChI is InChI=1S/C19H14N2O/c1-14-6-5-9-18(10-14)21-13-17(11-16(12-20)19(21)22)15-7-3-2-4-8-15/h2-11,13H,1H3. The van der Waals surface area contributed by atoms with E-state index in [1.54, 1.807) is 12.3 Å². The van der Waals surface area contributed by atoms with Crippen LogP contribution in [0.5, 0.6) is 0 Å². The molecule has 0 N–H and O–H groups in total. The van der Waals surface area contributed by atoms with Crippen molar-refractivity contribution in [2.45, 2.75) is 6.92 Å². The monoisotopic (exact) mass is 286 g/mol. The maximum Gasteiger partial charge on any atom is 0.273 e. The number of aromatic nitrogens is 1. The Labute approximate surface area is 128 Å². The molecule has 0 aliphatic heterocycles. The fraction of sp³-hybridized carbons (Fsp3) is 0.0526. The Morgan fingerprint density at radius 3 is 2.41 bits per heavy atom. The van der Waals surface area contributed by atoms with Gasteiger partial charge in [-0.1, -0.05) is 42.5 Å². The number of aryl methyl sites for hydroxylation is 1. The second-order valence-corrected chi connectivity index (χ2v) is 5.13. The van der Waals surface area contributed by atoms with Gasteiger partial charge in [-0.2, -0.15) is 5.26 Å². The summed E-state index contributed by atoms with van der Waals surface area (Å²) in [6.07, 6.45) is 1.78. The summed E-state index contributed by atoms with van der Waals surface area (Å²) in [5.41, 5.74) is 3.49. The SMILES string of the molecule is Cc1cccc(-n2cc(-c3ccccc3)cc(C#N)c2=O)c1. The largest absolute Gasteiger partial charge is 0.283 e. The lowest BCUT2D eigenvalue weighted by molar-refractivity contribution is 0.982. The maximum absolute atomic E-state index is 12.4. The van der Waals surface area contributed by atoms with E-state index in [1.807, 2.05) is 67.6 Å². The molecule has 3 heteroatoms. The first-order valence-corrected chi connectivity index (χ1v) is 6.98. The summed E-state index contributed by atoms with van der Waals surface area (Å²) in [6, 6.07) is 21.0. The van der Waals surface area contributed by atoms with Gasteiger partial charge in [0.2, 0.25) is 0 Å². The van der Waals surface area contributed by atoms with E-state index in [9.17, 15) is 10.1 Å². The van der Waals surface area contributed by atoms with E-state index in [4.69, 9.17) is 0 Å². The highest BCUT2D eigenvalue weighted by Crippen LogP contribution is 2.20. The van der Waals surface area contributed by atoms with E-state index in [0.29, 0.717) is 0 Å². The molecule has 2 aromatic carbocycles. The van der Waals surface area contributed by atoms with Crippen LogP contribution < -0.4 is 5.56 Å². The molecular weight excluding hydrogens is 272 g/mol. The molecule has 0 fully saturated rings. The van der Waals surface area contributed by atoms with Crippen LogP contribution in [0.3, 0.4) is 0 Å². The molecule has 0 spiro atoms. The first kappa shape index (κ1) is 13.8. The van der Waals surface area contributed by atoms with Gasteiger partial charge in [-0.25, -0.2) is 0 Å². The van der Waals surface area contributed by atoms with Crippen LogP contribution in [0.2, 0.25) is 0 Å². The Morgan fingerprint density at radius 2 is 1.73 bits per heavy atom. The molecule has 0 aliphatic rings. The highest BCUT2D eigenvalue weighted by molar-refractivity contribution is 5.64. The van der Waals surface area contributed by atoms with Gasteiger partial charge in [-0.05, 0) is 41.8 Å². The van der Waals surface area contributed by atoms with Crippen molar-refractivity contribution >= 4 is 0 Å². The second kappa shape index (κ2) is 5.71. The number of hydrogen-bond donors (Lipinski definition) is 0. The topological polar surface area (TPSA) is 45.8 Å². The zero-order chi connectivity index (χ0) is 15.5. The number of rotatable bonds is 2. The summed E-state index contributed by atoms with van der Waals surface area (Å²) in [5, 5.41) is 9.25. The van der Waals surface area contributed by atoms with E-state index < -0.39 is 0 Å². The molecule has 3 nitrogen and oxygen atoms in total. The first-order chi connectivity index (χ1) is 10.7. The van der Waals surface area contributed by atoms with Gasteiger partial charge in [0.1, 0.15) is 11.6 Å². The molecule has 3 rings (SSSR count). The summed E-state index contributed by atoms with van der Waals surface area (Å²) in [6.45, 7) is 1.97. The van der Waals surface area contributed by atoms with Crippen LogP contribution in [0.25, 0.3) is 16.8 Å². The van der Waals surface area contributed by atoms with Gasteiger partial charge in [0.25, 0.3) is 5.56 Å². The van der Waals surface area contributed by atoms with Gasteiger partial charge in [-0.15, -0.1) is 0 Å². The molecule has 0 radical (unpaired) electrons. The minimum absolute atomic E-state index is 0.142. The lowest BCUT2D eigenvalue weighted by Gasteiger charge is -2.10. The molecule has 3 aromatic rings. The number of nitrogens with zero attached hydrogens (tertiary/aromatic N) is 2. The van der Waals surface area contributed by atoms with E-state index in [-0.39, 0.29) is 11.1 Å².